The van der Waals surface area contributed by atoms with Gasteiger partial charge in [-0.15, -0.1) is 0 Å². The predicted octanol–water partition coefficient (Wildman–Crippen LogP) is 2.42. The van der Waals surface area contributed by atoms with Crippen LogP contribution in [0.1, 0.15) is 32.4 Å². The molecule has 0 bridgehead atoms. The van der Waals surface area contributed by atoms with E-state index in [1.54, 1.807) is 7.05 Å². The molecular weight excluding hydrogens is 268 g/mol. The van der Waals surface area contributed by atoms with Crippen molar-refractivity contribution < 1.29 is 14.6 Å². The Hall–Kier alpha value is -1.75. The average Bonchev–Trinajstić information content (AvgIpc) is 2.45. The van der Waals surface area contributed by atoms with Gasteiger partial charge in [-0.25, -0.2) is 4.79 Å². The van der Waals surface area contributed by atoms with Gasteiger partial charge < -0.3 is 20.1 Å². The Bertz CT molecular complexity index is 432. The summed E-state index contributed by atoms with van der Waals surface area (Å²) in [7, 11) is 1.65. The van der Waals surface area contributed by atoms with Crippen LogP contribution in [0.5, 0.6) is 5.75 Å². The molecule has 0 aliphatic rings. The lowest BCUT2D eigenvalue weighted by molar-refractivity contribution is 0.188. The quantitative estimate of drug-likeness (QED) is 0.812. The fourth-order valence-corrected chi connectivity index (χ4v) is 1.75. The van der Waals surface area contributed by atoms with Gasteiger partial charge in [-0.1, -0.05) is 26.0 Å². The number of aliphatic hydroxyl groups is 1. The summed E-state index contributed by atoms with van der Waals surface area (Å²) >= 11 is 0. The lowest BCUT2D eigenvalue weighted by Crippen LogP contribution is -2.39. The zero-order chi connectivity index (χ0) is 15.8. The molecule has 0 fully saturated rings. The third kappa shape index (κ3) is 6.04. The zero-order valence-corrected chi connectivity index (χ0v) is 13.3. The molecule has 0 spiro atoms. The van der Waals surface area contributed by atoms with Crippen LogP contribution in [0, 0.1) is 5.92 Å². The Morgan fingerprint density at radius 3 is 2.43 bits per heavy atom. The first-order chi connectivity index (χ1) is 9.93. The number of hydrogen-bond donors (Lipinski definition) is 2. The highest BCUT2D eigenvalue weighted by atomic mass is 16.5. The predicted molar refractivity (Wildman–Crippen MR) is 83.4 cm³/mol. The van der Waals surface area contributed by atoms with Crippen LogP contribution in [0.15, 0.2) is 24.3 Å². The largest absolute Gasteiger partial charge is 0.493 e. The number of aliphatic hydroxyl groups excluding tert-OH is 1. The van der Waals surface area contributed by atoms with Crippen LogP contribution >= 0.6 is 0 Å². The molecule has 5 heteroatoms. The number of ether oxygens (including phenoxy) is 1. The number of amides is 2. The summed E-state index contributed by atoms with van der Waals surface area (Å²) in [5.41, 5.74) is 1.01. The van der Waals surface area contributed by atoms with Gasteiger partial charge in [0.2, 0.25) is 0 Å². The van der Waals surface area contributed by atoms with Crippen LogP contribution in [0.25, 0.3) is 0 Å². The van der Waals surface area contributed by atoms with Gasteiger partial charge in [0.25, 0.3) is 0 Å². The molecule has 0 saturated heterocycles. The molecule has 1 rings (SSSR count). The van der Waals surface area contributed by atoms with E-state index in [4.69, 9.17) is 9.84 Å². The van der Waals surface area contributed by atoms with Gasteiger partial charge >= 0.3 is 6.03 Å². The third-order valence-electron chi connectivity index (χ3n) is 3.09. The number of nitrogens with zero attached hydrogens (tertiary/aromatic N) is 1. The molecule has 0 radical (unpaired) electrons. The van der Waals surface area contributed by atoms with Gasteiger partial charge in [-0.05, 0) is 30.5 Å². The highest BCUT2D eigenvalue weighted by Gasteiger charge is 2.12. The van der Waals surface area contributed by atoms with Crippen molar-refractivity contribution in [1.29, 1.82) is 0 Å². The van der Waals surface area contributed by atoms with E-state index < -0.39 is 0 Å². The molecule has 1 unspecified atom stereocenters. The van der Waals surface area contributed by atoms with Crippen LogP contribution in [0.3, 0.4) is 0 Å². The number of likely N-dealkylation sites (N-methyl/N-ethyl adjacent to an activating group) is 1. The monoisotopic (exact) mass is 294 g/mol. The van der Waals surface area contributed by atoms with Crippen LogP contribution < -0.4 is 10.1 Å². The Kier molecular flexibility index (Phi) is 7.02. The summed E-state index contributed by atoms with van der Waals surface area (Å²) in [6.07, 6.45) is 0. The molecular formula is C16H26N2O3. The molecule has 21 heavy (non-hydrogen) atoms. The maximum atomic E-state index is 11.8. The minimum Gasteiger partial charge on any atom is -0.493 e. The highest BCUT2D eigenvalue weighted by molar-refractivity contribution is 5.74. The van der Waals surface area contributed by atoms with Crippen LogP contribution in [0.4, 0.5) is 4.79 Å². The number of carbonyl (C=O) groups is 1. The molecule has 0 heterocycles. The van der Waals surface area contributed by atoms with E-state index in [9.17, 15) is 4.79 Å². The summed E-state index contributed by atoms with van der Waals surface area (Å²) < 4.78 is 5.63. The number of nitrogens with one attached hydrogen (secondary N) is 1. The summed E-state index contributed by atoms with van der Waals surface area (Å²) in [5.74, 6) is 1.33. The topological polar surface area (TPSA) is 61.8 Å². The number of benzene rings is 1. The fourth-order valence-electron chi connectivity index (χ4n) is 1.75. The molecule has 0 aliphatic carbocycles. The minimum atomic E-state index is -0.198. The van der Waals surface area contributed by atoms with Crippen molar-refractivity contribution in [2.45, 2.75) is 26.8 Å². The number of carbonyl (C=O) groups excluding carboxylic acids is 1. The summed E-state index contributed by atoms with van der Waals surface area (Å²) in [4.78, 5) is 13.3. The molecule has 1 atom stereocenters. The molecule has 0 saturated carbocycles. The second-order valence-electron chi connectivity index (χ2n) is 5.59. The van der Waals surface area contributed by atoms with Crippen LogP contribution in [0.2, 0.25) is 0 Å². The highest BCUT2D eigenvalue weighted by Crippen LogP contribution is 2.18. The maximum absolute atomic E-state index is 11.8. The maximum Gasteiger partial charge on any atom is 0.317 e. The van der Waals surface area contributed by atoms with Crippen molar-refractivity contribution in [3.63, 3.8) is 0 Å². The number of urea groups is 1. The Labute approximate surface area is 126 Å². The Morgan fingerprint density at radius 2 is 1.90 bits per heavy atom. The molecule has 5 nitrogen and oxygen atoms in total. The Morgan fingerprint density at radius 1 is 1.29 bits per heavy atom. The first-order valence-corrected chi connectivity index (χ1v) is 7.29. The molecule has 1 aromatic rings. The second-order valence-corrected chi connectivity index (χ2v) is 5.59. The summed E-state index contributed by atoms with van der Waals surface area (Å²) in [5, 5.41) is 11.7. The standard InChI is InChI=1S/C16H26N2O3/c1-12(2)11-21-15-7-5-14(6-8-15)13(3)17-16(20)18(4)9-10-19/h5-8,12-13,19H,9-11H2,1-4H3,(H,17,20). The van der Waals surface area contributed by atoms with E-state index in [0.717, 1.165) is 11.3 Å². The normalized spacial score (nSPS) is 12.1. The van der Waals surface area contributed by atoms with Gasteiger partial charge in [0, 0.05) is 13.6 Å². The van der Waals surface area contributed by atoms with Gasteiger partial charge in [-0.2, -0.15) is 0 Å². The minimum absolute atomic E-state index is 0.0415. The van der Waals surface area contributed by atoms with Gasteiger partial charge in [0.15, 0.2) is 0 Å². The molecule has 0 aromatic heterocycles. The van der Waals surface area contributed by atoms with Crippen LogP contribution in [-0.2, 0) is 0 Å². The SMILES string of the molecule is CC(C)COc1ccc(C(C)NC(=O)N(C)CCO)cc1. The molecule has 2 N–H and O–H groups in total. The van der Waals surface area contributed by atoms with Gasteiger partial charge in [0.05, 0.1) is 19.3 Å². The third-order valence-corrected chi connectivity index (χ3v) is 3.09. The van der Waals surface area contributed by atoms with E-state index in [0.29, 0.717) is 19.1 Å². The lowest BCUT2D eigenvalue weighted by atomic mass is 10.1. The van der Waals surface area contributed by atoms with E-state index in [1.165, 1.54) is 4.90 Å². The van der Waals surface area contributed by atoms with E-state index >= 15 is 0 Å². The first kappa shape index (κ1) is 17.3. The van der Waals surface area contributed by atoms with Crippen molar-refractivity contribution in [2.75, 3.05) is 26.8 Å². The van der Waals surface area contributed by atoms with Gasteiger partial charge in [0.1, 0.15) is 5.75 Å². The number of hydrogen-bond acceptors (Lipinski definition) is 3. The van der Waals surface area contributed by atoms with Crippen molar-refractivity contribution in [2.24, 2.45) is 5.92 Å². The van der Waals surface area contributed by atoms with Crippen LogP contribution in [-0.4, -0.2) is 42.8 Å². The second kappa shape index (κ2) is 8.52. The smallest absolute Gasteiger partial charge is 0.317 e. The molecule has 2 amide bonds. The van der Waals surface area contributed by atoms with E-state index in [-0.39, 0.29) is 18.7 Å². The van der Waals surface area contributed by atoms with Crippen molar-refractivity contribution in [3.8, 4) is 5.75 Å². The fraction of sp³-hybridized carbons (Fsp3) is 0.562. The summed E-state index contributed by atoms with van der Waals surface area (Å²) in [6, 6.07) is 7.43. The molecule has 118 valence electrons. The number of rotatable bonds is 7. The van der Waals surface area contributed by atoms with Crippen molar-refractivity contribution >= 4 is 6.03 Å². The molecule has 1 aromatic carbocycles. The van der Waals surface area contributed by atoms with Crippen molar-refractivity contribution in [1.82, 2.24) is 10.2 Å². The molecule has 0 aliphatic heterocycles. The average molecular weight is 294 g/mol. The Balaban J connectivity index is 2.54. The van der Waals surface area contributed by atoms with Gasteiger partial charge in [-0.3, -0.25) is 0 Å². The summed E-state index contributed by atoms with van der Waals surface area (Å²) in [6.45, 7) is 7.11. The van der Waals surface area contributed by atoms with E-state index in [1.807, 2.05) is 31.2 Å². The first-order valence-electron chi connectivity index (χ1n) is 7.29. The zero-order valence-electron chi connectivity index (χ0n) is 13.3. The van der Waals surface area contributed by atoms with E-state index in [2.05, 4.69) is 19.2 Å². The lowest BCUT2D eigenvalue weighted by Gasteiger charge is -2.21. The van der Waals surface area contributed by atoms with Crippen molar-refractivity contribution in [3.05, 3.63) is 29.8 Å².